The molecule has 0 bridgehead atoms. The van der Waals surface area contributed by atoms with Crippen LogP contribution in [0.5, 0.6) is 0 Å². The Morgan fingerprint density at radius 2 is 2.04 bits per heavy atom. The molecule has 2 atom stereocenters. The second kappa shape index (κ2) is 6.49. The number of carbonyl (C=O) groups is 1. The Bertz CT molecular complexity index is 926. The van der Waals surface area contributed by atoms with Gasteiger partial charge in [-0.1, -0.05) is 0 Å². The lowest BCUT2D eigenvalue weighted by molar-refractivity contribution is -0.0139. The fourth-order valence-electron chi connectivity index (χ4n) is 3.83. The highest BCUT2D eigenvalue weighted by atomic mass is 79.9. The Labute approximate surface area is 168 Å². The monoisotopic (exact) mass is 484 g/mol. The van der Waals surface area contributed by atoms with E-state index < -0.39 is 56.5 Å². The maximum atomic E-state index is 14.7. The van der Waals surface area contributed by atoms with Gasteiger partial charge in [0.05, 0.1) is 16.5 Å². The first-order valence-electron chi connectivity index (χ1n) is 8.38. The van der Waals surface area contributed by atoms with Gasteiger partial charge in [0.2, 0.25) is 0 Å². The molecule has 3 heterocycles. The van der Waals surface area contributed by atoms with Gasteiger partial charge in [-0.05, 0) is 59.0 Å². The van der Waals surface area contributed by atoms with E-state index in [1.165, 1.54) is 26.8 Å². The quantitative estimate of drug-likeness (QED) is 0.363. The molecular weight excluding hydrogens is 465 g/mol. The number of amidine groups is 1. The highest BCUT2D eigenvalue weighted by molar-refractivity contribution is 9.10. The van der Waals surface area contributed by atoms with E-state index >= 15 is 0 Å². The third kappa shape index (κ3) is 3.14. The first kappa shape index (κ1) is 21.2. The van der Waals surface area contributed by atoms with Crippen molar-refractivity contribution >= 4 is 38.0 Å². The Morgan fingerprint density at radius 3 is 2.64 bits per heavy atom. The second-order valence-corrected chi connectivity index (χ2v) is 11.8. The molecule has 0 unspecified atom stereocenters. The summed E-state index contributed by atoms with van der Waals surface area (Å²) in [7, 11) is -3.74. The zero-order valence-corrected chi connectivity index (χ0v) is 17.7. The van der Waals surface area contributed by atoms with Gasteiger partial charge in [0, 0.05) is 6.42 Å². The summed E-state index contributed by atoms with van der Waals surface area (Å²) in [6, 6.07) is 2.43. The summed E-state index contributed by atoms with van der Waals surface area (Å²) in [5.41, 5.74) is -2.07. The molecule has 1 amide bonds. The zero-order valence-electron chi connectivity index (χ0n) is 15.3. The number of halogens is 4. The Hall–Kier alpha value is -1.53. The van der Waals surface area contributed by atoms with E-state index in [2.05, 4.69) is 35.9 Å². The number of nitrogens with zero attached hydrogens (tertiary/aromatic N) is 2. The molecule has 2 aliphatic rings. The van der Waals surface area contributed by atoms with E-state index in [0.29, 0.717) is 0 Å². The molecule has 0 radical (unpaired) electrons. The predicted octanol–water partition coefficient (Wildman–Crippen LogP) is 2.59. The molecule has 1 fully saturated rings. The van der Waals surface area contributed by atoms with Gasteiger partial charge in [0.25, 0.3) is 5.92 Å². The second-order valence-electron chi connectivity index (χ2n) is 7.63. The molecule has 3 N–H and O–H groups in total. The molecule has 1 aromatic heterocycles. The molecule has 0 aliphatic carbocycles. The molecule has 0 aromatic carbocycles. The summed E-state index contributed by atoms with van der Waals surface area (Å²) in [6.07, 6.45) is -2.25. The van der Waals surface area contributed by atoms with Gasteiger partial charge in [-0.2, -0.15) is 0 Å². The van der Waals surface area contributed by atoms with Crippen molar-refractivity contribution in [1.82, 2.24) is 15.0 Å². The van der Waals surface area contributed by atoms with Gasteiger partial charge in [0.1, 0.15) is 27.5 Å². The molecule has 3 rings (SSSR count). The summed E-state index contributed by atoms with van der Waals surface area (Å²) in [5, 5.41) is 10.00. The smallest absolute Gasteiger partial charge is 0.410 e. The van der Waals surface area contributed by atoms with Crippen molar-refractivity contribution in [2.45, 2.75) is 48.7 Å². The van der Waals surface area contributed by atoms with Gasteiger partial charge in [0.15, 0.2) is 0 Å². The number of carboxylic acid groups (broad SMARTS) is 1. The van der Waals surface area contributed by atoms with Crippen LogP contribution in [-0.4, -0.2) is 48.7 Å². The maximum absolute atomic E-state index is 14.7. The molecule has 156 valence electrons. The standard InChI is InChI=1S/C16H20BrF3N4O3S/c1-14(2)12(23-13(25)26)24-15(3,11-8(18)4-5-10(17)22-11)9-6-16(19,20)7-21-28(9,14)27/h4-5,9,28H,6-7H2,1-3H3,(H,21,27)(H,23,24)(H,25,26)/t9-,15+/m1/s1. The van der Waals surface area contributed by atoms with Gasteiger partial charge in [-0.25, -0.2) is 22.9 Å². The number of aliphatic imine (C=N–C) groups is 1. The minimum absolute atomic E-state index is 0.194. The van der Waals surface area contributed by atoms with Gasteiger partial charge in [-0.3, -0.25) is 19.2 Å². The van der Waals surface area contributed by atoms with E-state index in [1.54, 1.807) is 0 Å². The van der Waals surface area contributed by atoms with Crippen molar-refractivity contribution in [3.63, 3.8) is 0 Å². The van der Waals surface area contributed by atoms with E-state index in [4.69, 9.17) is 0 Å². The van der Waals surface area contributed by atoms with Crippen molar-refractivity contribution < 1.29 is 27.3 Å². The first-order chi connectivity index (χ1) is 12.7. The van der Waals surface area contributed by atoms with Crippen molar-refractivity contribution in [1.29, 1.82) is 0 Å². The number of nitrogens with one attached hydrogen (secondary N) is 2. The zero-order chi connectivity index (χ0) is 21.1. The summed E-state index contributed by atoms with van der Waals surface area (Å²) >= 11 is 3.12. The van der Waals surface area contributed by atoms with Crippen LogP contribution in [0.25, 0.3) is 0 Å². The molecule has 0 spiro atoms. The minimum atomic E-state index is -3.74. The largest absolute Gasteiger partial charge is 0.465 e. The average Bonchev–Trinajstić information content (AvgIpc) is 2.57. The van der Waals surface area contributed by atoms with Crippen LogP contribution in [0.4, 0.5) is 18.0 Å². The number of hydrogen-bond acceptors (Lipinski definition) is 4. The van der Waals surface area contributed by atoms with Crippen LogP contribution in [0.1, 0.15) is 32.9 Å². The summed E-state index contributed by atoms with van der Waals surface area (Å²) in [6.45, 7) is 3.46. The Balaban J connectivity index is 2.32. The van der Waals surface area contributed by atoms with Gasteiger partial charge >= 0.3 is 6.09 Å². The van der Waals surface area contributed by atoms with Crippen molar-refractivity contribution in [3.05, 3.63) is 28.2 Å². The third-order valence-corrected chi connectivity index (χ3v) is 9.93. The number of thiol groups is 1. The molecule has 1 aromatic rings. The molecular formula is C16H20BrF3N4O3S. The van der Waals surface area contributed by atoms with Crippen molar-refractivity contribution in [2.75, 3.05) is 6.54 Å². The van der Waals surface area contributed by atoms with Crippen LogP contribution in [0, 0.1) is 5.82 Å². The highest BCUT2D eigenvalue weighted by Gasteiger charge is 2.62. The normalized spacial score (nSPS) is 31.2. The van der Waals surface area contributed by atoms with E-state index in [0.717, 1.165) is 6.07 Å². The number of fused-ring (bicyclic) bond motifs is 1. The van der Waals surface area contributed by atoms with Crippen LogP contribution >= 0.6 is 15.9 Å². The molecule has 7 nitrogen and oxygen atoms in total. The number of pyridine rings is 1. The Morgan fingerprint density at radius 1 is 1.39 bits per heavy atom. The summed E-state index contributed by atoms with van der Waals surface area (Å²) in [4.78, 5) is 19.7. The fourth-order valence-corrected chi connectivity index (χ4v) is 7.84. The number of amides is 1. The molecule has 28 heavy (non-hydrogen) atoms. The number of rotatable bonds is 1. The van der Waals surface area contributed by atoms with E-state index in [-0.39, 0.29) is 16.1 Å². The minimum Gasteiger partial charge on any atom is -0.465 e. The lowest BCUT2D eigenvalue weighted by atomic mass is 9.88. The molecule has 2 aliphatic heterocycles. The summed E-state index contributed by atoms with van der Waals surface area (Å²) in [5.74, 6) is -4.20. The van der Waals surface area contributed by atoms with Crippen LogP contribution < -0.4 is 10.0 Å². The van der Waals surface area contributed by atoms with Crippen LogP contribution in [0.15, 0.2) is 21.7 Å². The number of alkyl halides is 2. The SMILES string of the molecule is CC1(C)C(NC(=O)O)=N[C@](C)(c2nc(Br)ccc2F)[C@H]2CC(F)(F)CN[SH]21=O. The van der Waals surface area contributed by atoms with E-state index in [9.17, 15) is 27.3 Å². The molecule has 1 saturated heterocycles. The van der Waals surface area contributed by atoms with Gasteiger partial charge < -0.3 is 5.11 Å². The topological polar surface area (TPSA) is 104 Å². The predicted molar refractivity (Wildman–Crippen MR) is 103 cm³/mol. The van der Waals surface area contributed by atoms with Crippen molar-refractivity contribution in [2.24, 2.45) is 4.99 Å². The van der Waals surface area contributed by atoms with Crippen molar-refractivity contribution in [3.8, 4) is 0 Å². The molecule has 12 heteroatoms. The molecule has 0 saturated carbocycles. The highest BCUT2D eigenvalue weighted by Crippen LogP contribution is 2.50. The maximum Gasteiger partial charge on any atom is 0.410 e. The fraction of sp³-hybridized carbons (Fsp3) is 0.562. The number of aromatic nitrogens is 1. The Kier molecular flexibility index (Phi) is 4.91. The van der Waals surface area contributed by atoms with E-state index in [1.807, 2.05) is 0 Å². The number of hydrogen-bond donors (Lipinski definition) is 4. The average molecular weight is 485 g/mol. The van der Waals surface area contributed by atoms with Gasteiger partial charge in [-0.15, -0.1) is 0 Å². The van der Waals surface area contributed by atoms with Crippen LogP contribution in [-0.2, 0) is 15.7 Å². The van der Waals surface area contributed by atoms with Crippen LogP contribution in [0.3, 0.4) is 0 Å². The van der Waals surface area contributed by atoms with Crippen LogP contribution in [0.2, 0.25) is 0 Å². The lowest BCUT2D eigenvalue weighted by Crippen LogP contribution is -2.73. The first-order valence-corrected chi connectivity index (χ1v) is 11.0. The lowest BCUT2D eigenvalue weighted by Gasteiger charge is -2.56. The third-order valence-electron chi connectivity index (χ3n) is 5.42. The summed E-state index contributed by atoms with van der Waals surface area (Å²) < 4.78 is 58.6.